The van der Waals surface area contributed by atoms with Gasteiger partial charge in [0.1, 0.15) is 23.7 Å². The SMILES string of the molecule is CC(C)C(NC(=O)OC(C)(C)C)C(=O)N[C@@H](CCCNC(N)=O)C(=O)Nc1ccc(CCN(C)[C@H](C(=O)O)C(C)C)cc1. The molecule has 1 unspecified atom stereocenters. The Bertz CT molecular complexity index is 1090. The molecule has 0 aliphatic rings. The van der Waals surface area contributed by atoms with Gasteiger partial charge in [-0.05, 0) is 76.6 Å². The van der Waals surface area contributed by atoms with Crippen LogP contribution in [-0.2, 0) is 25.5 Å². The number of carboxylic acids is 1. The quantitative estimate of drug-likeness (QED) is 0.155. The number of likely N-dealkylation sites (N-methyl/N-ethyl adjacent to an activating group) is 1. The first-order chi connectivity index (χ1) is 19.9. The fourth-order valence-corrected chi connectivity index (χ4v) is 4.43. The second-order valence-electron chi connectivity index (χ2n) is 12.3. The van der Waals surface area contributed by atoms with Crippen LogP contribution >= 0.6 is 0 Å². The van der Waals surface area contributed by atoms with Crippen molar-refractivity contribution >= 4 is 35.6 Å². The summed E-state index contributed by atoms with van der Waals surface area (Å²) in [4.78, 5) is 63.3. The standard InChI is InChI=1S/C30H50N6O7/c1-18(2)23(35-29(42)43-30(5,6)7)26(38)34-22(10-9-16-32-28(31)41)25(37)33-21-13-11-20(12-14-21)15-17-36(8)24(19(3)4)27(39)40/h11-14,18-19,22-24H,9-10,15-17H2,1-8H3,(H,33,37)(H,34,38)(H,35,42)(H,39,40)(H3,31,32,41)/t22-,23?,24-/m0/s1. The van der Waals surface area contributed by atoms with E-state index in [9.17, 15) is 29.1 Å². The molecule has 0 heterocycles. The molecule has 0 radical (unpaired) electrons. The van der Waals surface area contributed by atoms with Crippen LogP contribution in [0.5, 0.6) is 0 Å². The Morgan fingerprint density at radius 1 is 0.953 bits per heavy atom. The number of carbonyl (C=O) groups is 5. The van der Waals surface area contributed by atoms with Gasteiger partial charge in [0, 0.05) is 18.8 Å². The Morgan fingerprint density at radius 3 is 2.05 bits per heavy atom. The Morgan fingerprint density at radius 2 is 1.56 bits per heavy atom. The minimum atomic E-state index is -0.971. The van der Waals surface area contributed by atoms with Gasteiger partial charge in [-0.3, -0.25) is 19.3 Å². The molecule has 3 atom stereocenters. The maximum absolute atomic E-state index is 13.3. The highest BCUT2D eigenvalue weighted by molar-refractivity contribution is 5.98. The van der Waals surface area contributed by atoms with Crippen LogP contribution in [0.2, 0.25) is 0 Å². The first-order valence-corrected chi connectivity index (χ1v) is 14.6. The molecule has 43 heavy (non-hydrogen) atoms. The second kappa shape index (κ2) is 17.3. The monoisotopic (exact) mass is 606 g/mol. The number of carboxylic acid groups (broad SMARTS) is 1. The molecule has 13 heteroatoms. The van der Waals surface area contributed by atoms with E-state index in [1.807, 2.05) is 30.9 Å². The van der Waals surface area contributed by atoms with Gasteiger partial charge >= 0.3 is 18.1 Å². The van der Waals surface area contributed by atoms with Crippen molar-refractivity contribution in [3.8, 4) is 0 Å². The summed E-state index contributed by atoms with van der Waals surface area (Å²) in [7, 11) is 1.79. The summed E-state index contributed by atoms with van der Waals surface area (Å²) in [5, 5.41) is 20.1. The zero-order valence-electron chi connectivity index (χ0n) is 26.7. The van der Waals surface area contributed by atoms with Crippen LogP contribution in [0.1, 0.15) is 66.9 Å². The number of ether oxygens (including phenoxy) is 1. The van der Waals surface area contributed by atoms with Crippen LogP contribution in [0.15, 0.2) is 24.3 Å². The largest absolute Gasteiger partial charge is 0.480 e. The molecule has 242 valence electrons. The Hall–Kier alpha value is -3.87. The van der Waals surface area contributed by atoms with E-state index in [0.717, 1.165) is 5.56 Å². The predicted molar refractivity (Wildman–Crippen MR) is 164 cm³/mol. The van der Waals surface area contributed by atoms with Gasteiger partial charge in [-0.25, -0.2) is 9.59 Å². The van der Waals surface area contributed by atoms with Crippen LogP contribution in [0.25, 0.3) is 0 Å². The number of primary amides is 1. The van der Waals surface area contributed by atoms with Gasteiger partial charge in [0.05, 0.1) is 0 Å². The molecule has 0 aromatic heterocycles. The maximum Gasteiger partial charge on any atom is 0.408 e. The zero-order valence-corrected chi connectivity index (χ0v) is 26.7. The van der Waals surface area contributed by atoms with E-state index in [0.29, 0.717) is 25.1 Å². The zero-order chi connectivity index (χ0) is 32.9. The molecule has 5 amide bonds. The fraction of sp³-hybridized carbons (Fsp3) is 0.633. The molecule has 0 fully saturated rings. The van der Waals surface area contributed by atoms with Gasteiger partial charge in [0.25, 0.3) is 0 Å². The van der Waals surface area contributed by atoms with Gasteiger partial charge in [-0.1, -0.05) is 39.8 Å². The molecule has 1 aromatic carbocycles. The van der Waals surface area contributed by atoms with Crippen LogP contribution in [-0.4, -0.2) is 83.8 Å². The van der Waals surface area contributed by atoms with Gasteiger partial charge in [0.2, 0.25) is 11.8 Å². The van der Waals surface area contributed by atoms with Gasteiger partial charge in [-0.15, -0.1) is 0 Å². The van der Waals surface area contributed by atoms with Crippen LogP contribution in [0.3, 0.4) is 0 Å². The molecule has 0 spiro atoms. The molecule has 13 nitrogen and oxygen atoms in total. The first kappa shape index (κ1) is 37.2. The summed E-state index contributed by atoms with van der Waals surface area (Å²) < 4.78 is 5.28. The average molecular weight is 607 g/mol. The van der Waals surface area contributed by atoms with Crippen molar-refractivity contribution in [1.29, 1.82) is 0 Å². The van der Waals surface area contributed by atoms with Crippen molar-refractivity contribution in [2.75, 3.05) is 25.5 Å². The lowest BCUT2D eigenvalue weighted by atomic mass is 10.0. The van der Waals surface area contributed by atoms with Crippen LogP contribution in [0.4, 0.5) is 15.3 Å². The number of carbonyl (C=O) groups excluding carboxylic acids is 4. The molecule has 0 saturated heterocycles. The average Bonchev–Trinajstić information content (AvgIpc) is 2.86. The summed E-state index contributed by atoms with van der Waals surface area (Å²) in [6.45, 7) is 13.2. The van der Waals surface area contributed by atoms with Crippen LogP contribution in [0, 0.1) is 11.8 Å². The number of anilines is 1. The molecular weight excluding hydrogens is 556 g/mol. The normalized spacial score (nSPS) is 13.7. The van der Waals surface area contributed by atoms with Crippen LogP contribution < -0.4 is 27.0 Å². The minimum Gasteiger partial charge on any atom is -0.480 e. The van der Waals surface area contributed by atoms with E-state index in [-0.39, 0.29) is 24.8 Å². The number of urea groups is 1. The summed E-state index contributed by atoms with van der Waals surface area (Å²) in [5.41, 5.74) is 5.85. The van der Waals surface area contributed by atoms with Crippen molar-refractivity contribution < 1.29 is 33.8 Å². The van der Waals surface area contributed by atoms with Crippen molar-refractivity contribution in [2.45, 2.75) is 91.5 Å². The summed E-state index contributed by atoms with van der Waals surface area (Å²) in [6, 6.07) is 3.96. The number of rotatable bonds is 16. The topological polar surface area (TPSA) is 192 Å². The molecule has 1 aromatic rings. The van der Waals surface area contributed by atoms with E-state index in [4.69, 9.17) is 10.5 Å². The van der Waals surface area contributed by atoms with Crippen molar-refractivity contribution in [3.05, 3.63) is 29.8 Å². The summed E-state index contributed by atoms with van der Waals surface area (Å²) >= 11 is 0. The van der Waals surface area contributed by atoms with E-state index in [2.05, 4.69) is 21.3 Å². The van der Waals surface area contributed by atoms with Crippen molar-refractivity contribution in [1.82, 2.24) is 20.9 Å². The third-order valence-corrected chi connectivity index (χ3v) is 6.56. The Labute approximate surface area is 254 Å². The Balaban J connectivity index is 2.94. The predicted octanol–water partition coefficient (Wildman–Crippen LogP) is 2.69. The van der Waals surface area contributed by atoms with E-state index < -0.39 is 53.6 Å². The number of nitrogens with one attached hydrogen (secondary N) is 4. The molecule has 0 saturated carbocycles. The lowest BCUT2D eigenvalue weighted by molar-refractivity contribution is -0.144. The highest BCUT2D eigenvalue weighted by Gasteiger charge is 2.30. The van der Waals surface area contributed by atoms with Crippen molar-refractivity contribution in [3.63, 3.8) is 0 Å². The number of hydrogen-bond donors (Lipinski definition) is 6. The summed E-state index contributed by atoms with van der Waals surface area (Å²) in [6.07, 6.45) is 0.420. The highest BCUT2D eigenvalue weighted by Crippen LogP contribution is 2.15. The third kappa shape index (κ3) is 14.2. The number of nitrogens with two attached hydrogens (primary N) is 1. The maximum atomic E-state index is 13.3. The first-order valence-electron chi connectivity index (χ1n) is 14.6. The third-order valence-electron chi connectivity index (χ3n) is 6.56. The fourth-order valence-electron chi connectivity index (χ4n) is 4.43. The van der Waals surface area contributed by atoms with Gasteiger partial charge in [0.15, 0.2) is 0 Å². The lowest BCUT2D eigenvalue weighted by Crippen LogP contribution is -2.55. The number of alkyl carbamates (subject to hydrolysis) is 1. The lowest BCUT2D eigenvalue weighted by Gasteiger charge is -2.27. The number of aliphatic carboxylic acids is 1. The van der Waals surface area contributed by atoms with E-state index in [1.165, 1.54) is 0 Å². The molecule has 0 aliphatic heterocycles. The minimum absolute atomic E-state index is 0.0380. The van der Waals surface area contributed by atoms with Gasteiger partial charge < -0.3 is 36.8 Å². The molecular formula is C30H50N6O7. The highest BCUT2D eigenvalue weighted by atomic mass is 16.6. The van der Waals surface area contributed by atoms with E-state index >= 15 is 0 Å². The number of nitrogens with zero attached hydrogens (tertiary/aromatic N) is 1. The molecule has 0 aliphatic carbocycles. The number of hydrogen-bond acceptors (Lipinski definition) is 7. The van der Waals surface area contributed by atoms with Gasteiger partial charge in [-0.2, -0.15) is 0 Å². The summed E-state index contributed by atoms with van der Waals surface area (Å²) in [5.74, 6) is -2.22. The molecule has 1 rings (SSSR count). The molecule has 0 bridgehead atoms. The number of amides is 5. The van der Waals surface area contributed by atoms with E-state index in [1.54, 1.807) is 53.8 Å². The Kier molecular flexibility index (Phi) is 14.9. The van der Waals surface area contributed by atoms with Crippen molar-refractivity contribution in [2.24, 2.45) is 17.6 Å². The molecule has 7 N–H and O–H groups in total. The smallest absolute Gasteiger partial charge is 0.408 e. The number of benzene rings is 1. The second-order valence-corrected chi connectivity index (χ2v) is 12.3.